The number of urea groups is 1. The average molecular weight is 307 g/mol. The smallest absolute Gasteiger partial charge is 0.323 e. The highest BCUT2D eigenvalue weighted by Gasteiger charge is 2.17. The average Bonchev–Trinajstić information content (AvgIpc) is 2.91. The number of hydrogen-bond donors (Lipinski definition) is 2. The Bertz CT molecular complexity index is 808. The zero-order valence-corrected chi connectivity index (χ0v) is 13.0. The molecule has 5 heteroatoms. The standard InChI is InChI=1S/C18H17N3O2/c1-12-8-10-15(11-9-12)19-18(22)20-16-13(2)21-23-17(16)14-6-4-3-5-7-14/h3-11H,1-2H3,(H2,19,20,22). The molecule has 0 atom stereocenters. The van der Waals surface area contributed by atoms with Gasteiger partial charge in [0.25, 0.3) is 0 Å². The van der Waals surface area contributed by atoms with Crippen LogP contribution >= 0.6 is 0 Å². The molecule has 0 aliphatic rings. The van der Waals surface area contributed by atoms with Gasteiger partial charge in [0.05, 0.1) is 0 Å². The van der Waals surface area contributed by atoms with E-state index in [2.05, 4.69) is 15.8 Å². The maximum atomic E-state index is 12.2. The van der Waals surface area contributed by atoms with Crippen molar-refractivity contribution in [3.8, 4) is 11.3 Å². The Labute approximate surface area is 134 Å². The first-order valence-electron chi connectivity index (χ1n) is 7.30. The highest BCUT2D eigenvalue weighted by Crippen LogP contribution is 2.30. The number of anilines is 2. The maximum absolute atomic E-state index is 12.2. The van der Waals surface area contributed by atoms with Crippen LogP contribution in [0, 0.1) is 13.8 Å². The van der Waals surface area contributed by atoms with Crippen molar-refractivity contribution < 1.29 is 9.32 Å². The molecule has 0 bridgehead atoms. The number of rotatable bonds is 3. The molecule has 3 rings (SSSR count). The van der Waals surface area contributed by atoms with E-state index in [0.29, 0.717) is 17.1 Å². The molecule has 116 valence electrons. The Morgan fingerprint density at radius 1 is 0.957 bits per heavy atom. The van der Waals surface area contributed by atoms with Crippen molar-refractivity contribution in [3.63, 3.8) is 0 Å². The number of carbonyl (C=O) groups excluding carboxylic acids is 1. The SMILES string of the molecule is Cc1ccc(NC(=O)Nc2c(C)noc2-c2ccccc2)cc1. The van der Waals surface area contributed by atoms with Gasteiger partial charge in [-0.1, -0.05) is 53.2 Å². The van der Waals surface area contributed by atoms with E-state index in [1.807, 2.05) is 61.5 Å². The predicted molar refractivity (Wildman–Crippen MR) is 90.5 cm³/mol. The molecule has 2 N–H and O–H groups in total. The van der Waals surface area contributed by atoms with Crippen molar-refractivity contribution in [2.45, 2.75) is 13.8 Å². The van der Waals surface area contributed by atoms with E-state index in [9.17, 15) is 4.79 Å². The zero-order chi connectivity index (χ0) is 16.2. The number of aromatic nitrogens is 1. The molecule has 0 spiro atoms. The van der Waals surface area contributed by atoms with Crippen LogP contribution in [0.5, 0.6) is 0 Å². The highest BCUT2D eigenvalue weighted by atomic mass is 16.5. The van der Waals surface area contributed by atoms with Crippen LogP contribution in [-0.2, 0) is 0 Å². The first kappa shape index (κ1) is 14.8. The predicted octanol–water partition coefficient (Wildman–Crippen LogP) is 4.60. The van der Waals surface area contributed by atoms with Crippen molar-refractivity contribution in [2.75, 3.05) is 10.6 Å². The van der Waals surface area contributed by atoms with E-state index in [-0.39, 0.29) is 6.03 Å². The Hall–Kier alpha value is -3.08. The van der Waals surface area contributed by atoms with Crippen molar-refractivity contribution in [1.82, 2.24) is 5.16 Å². The maximum Gasteiger partial charge on any atom is 0.323 e. The fourth-order valence-corrected chi connectivity index (χ4v) is 2.22. The second-order valence-electron chi connectivity index (χ2n) is 5.28. The molecular weight excluding hydrogens is 290 g/mol. The quantitative estimate of drug-likeness (QED) is 0.743. The van der Waals surface area contributed by atoms with Crippen LogP contribution in [0.15, 0.2) is 59.1 Å². The lowest BCUT2D eigenvalue weighted by Gasteiger charge is -2.08. The molecule has 0 saturated heterocycles. The molecule has 5 nitrogen and oxygen atoms in total. The summed E-state index contributed by atoms with van der Waals surface area (Å²) < 4.78 is 5.36. The number of amides is 2. The van der Waals surface area contributed by atoms with Crippen molar-refractivity contribution in [2.24, 2.45) is 0 Å². The summed E-state index contributed by atoms with van der Waals surface area (Å²) in [7, 11) is 0. The lowest BCUT2D eigenvalue weighted by atomic mass is 10.1. The second-order valence-corrected chi connectivity index (χ2v) is 5.28. The van der Waals surface area contributed by atoms with E-state index in [1.165, 1.54) is 0 Å². The van der Waals surface area contributed by atoms with Gasteiger partial charge in [0, 0.05) is 11.3 Å². The summed E-state index contributed by atoms with van der Waals surface area (Å²) in [6.45, 7) is 3.79. The largest absolute Gasteiger partial charge is 0.354 e. The van der Waals surface area contributed by atoms with Crippen molar-refractivity contribution in [3.05, 3.63) is 65.9 Å². The summed E-state index contributed by atoms with van der Waals surface area (Å²) in [4.78, 5) is 12.2. The van der Waals surface area contributed by atoms with Crippen LogP contribution in [0.25, 0.3) is 11.3 Å². The fourth-order valence-electron chi connectivity index (χ4n) is 2.22. The van der Waals surface area contributed by atoms with Gasteiger partial charge >= 0.3 is 6.03 Å². The van der Waals surface area contributed by atoms with Crippen LogP contribution < -0.4 is 10.6 Å². The molecule has 0 radical (unpaired) electrons. The highest BCUT2D eigenvalue weighted by molar-refractivity contribution is 6.02. The van der Waals surface area contributed by atoms with Gasteiger partial charge in [0.1, 0.15) is 11.4 Å². The van der Waals surface area contributed by atoms with Gasteiger partial charge in [-0.2, -0.15) is 0 Å². The molecular formula is C18H17N3O2. The molecule has 0 aliphatic carbocycles. The van der Waals surface area contributed by atoms with Crippen LogP contribution in [-0.4, -0.2) is 11.2 Å². The Morgan fingerprint density at radius 2 is 1.65 bits per heavy atom. The van der Waals surface area contributed by atoms with E-state index >= 15 is 0 Å². The second kappa shape index (κ2) is 6.36. The minimum atomic E-state index is -0.336. The normalized spacial score (nSPS) is 10.3. The number of carbonyl (C=O) groups is 1. The topological polar surface area (TPSA) is 67.2 Å². The molecule has 0 unspecified atom stereocenters. The number of benzene rings is 2. The molecule has 2 amide bonds. The summed E-state index contributed by atoms with van der Waals surface area (Å²) >= 11 is 0. The minimum absolute atomic E-state index is 0.336. The van der Waals surface area contributed by atoms with Crippen LogP contribution in [0.2, 0.25) is 0 Å². The monoisotopic (exact) mass is 307 g/mol. The molecule has 2 aromatic carbocycles. The van der Waals surface area contributed by atoms with Gasteiger partial charge in [-0.3, -0.25) is 0 Å². The molecule has 0 saturated carbocycles. The van der Waals surface area contributed by atoms with Crippen molar-refractivity contribution >= 4 is 17.4 Å². The van der Waals surface area contributed by atoms with Crippen LogP contribution in [0.1, 0.15) is 11.3 Å². The molecule has 23 heavy (non-hydrogen) atoms. The zero-order valence-electron chi connectivity index (χ0n) is 13.0. The first-order valence-corrected chi connectivity index (χ1v) is 7.30. The Kier molecular flexibility index (Phi) is 4.10. The summed E-state index contributed by atoms with van der Waals surface area (Å²) in [6, 6.07) is 16.8. The number of aryl methyl sites for hydroxylation is 2. The third-order valence-corrected chi connectivity index (χ3v) is 3.45. The van der Waals surface area contributed by atoms with Gasteiger partial charge in [-0.15, -0.1) is 0 Å². The van der Waals surface area contributed by atoms with Crippen LogP contribution in [0.4, 0.5) is 16.2 Å². The van der Waals surface area contributed by atoms with E-state index in [4.69, 9.17) is 4.52 Å². The minimum Gasteiger partial charge on any atom is -0.354 e. The fraction of sp³-hybridized carbons (Fsp3) is 0.111. The molecule has 1 aromatic heterocycles. The first-order chi connectivity index (χ1) is 11.1. The third-order valence-electron chi connectivity index (χ3n) is 3.45. The Morgan fingerprint density at radius 3 is 2.35 bits per heavy atom. The number of nitrogens with one attached hydrogen (secondary N) is 2. The van der Waals surface area contributed by atoms with Gasteiger partial charge in [-0.25, -0.2) is 4.79 Å². The number of nitrogens with zero attached hydrogens (tertiary/aromatic N) is 1. The van der Waals surface area contributed by atoms with Gasteiger partial charge in [0.15, 0.2) is 5.76 Å². The summed E-state index contributed by atoms with van der Waals surface area (Å²) in [6.07, 6.45) is 0. The van der Waals surface area contributed by atoms with Crippen molar-refractivity contribution in [1.29, 1.82) is 0 Å². The molecule has 1 heterocycles. The van der Waals surface area contributed by atoms with Crippen LogP contribution in [0.3, 0.4) is 0 Å². The van der Waals surface area contributed by atoms with Gasteiger partial charge in [-0.05, 0) is 26.0 Å². The van der Waals surface area contributed by atoms with Gasteiger partial charge < -0.3 is 15.2 Å². The molecule has 0 aliphatic heterocycles. The van der Waals surface area contributed by atoms with E-state index in [1.54, 1.807) is 6.92 Å². The van der Waals surface area contributed by atoms with E-state index < -0.39 is 0 Å². The Balaban J connectivity index is 1.79. The summed E-state index contributed by atoms with van der Waals surface area (Å²) in [5, 5.41) is 9.56. The molecule has 3 aromatic rings. The summed E-state index contributed by atoms with van der Waals surface area (Å²) in [5.41, 5.74) is 3.92. The molecule has 0 fully saturated rings. The summed E-state index contributed by atoms with van der Waals surface area (Å²) in [5.74, 6) is 0.544. The lowest BCUT2D eigenvalue weighted by molar-refractivity contribution is 0.262. The lowest BCUT2D eigenvalue weighted by Crippen LogP contribution is -2.20. The third kappa shape index (κ3) is 3.40. The number of hydrogen-bond acceptors (Lipinski definition) is 3. The van der Waals surface area contributed by atoms with Gasteiger partial charge in [0.2, 0.25) is 0 Å². The van der Waals surface area contributed by atoms with E-state index in [0.717, 1.165) is 16.8 Å².